The SMILES string of the molecule is Cc1cc(Br)cc(C(=O)NCCCCC(N)=S)c1. The van der Waals surface area contributed by atoms with Gasteiger partial charge in [0.15, 0.2) is 0 Å². The lowest BCUT2D eigenvalue weighted by Gasteiger charge is -2.06. The molecule has 1 aromatic rings. The van der Waals surface area contributed by atoms with Gasteiger partial charge in [-0.3, -0.25) is 4.79 Å². The smallest absolute Gasteiger partial charge is 0.251 e. The maximum atomic E-state index is 11.9. The third-order valence-electron chi connectivity index (χ3n) is 2.44. The summed E-state index contributed by atoms with van der Waals surface area (Å²) in [6, 6.07) is 5.66. The number of unbranched alkanes of at least 4 members (excludes halogenated alkanes) is 1. The van der Waals surface area contributed by atoms with Gasteiger partial charge < -0.3 is 11.1 Å². The molecule has 3 nitrogen and oxygen atoms in total. The molecular weight excluding hydrogens is 312 g/mol. The summed E-state index contributed by atoms with van der Waals surface area (Å²) in [5.74, 6) is -0.0466. The average Bonchev–Trinajstić information content (AvgIpc) is 2.26. The van der Waals surface area contributed by atoms with Gasteiger partial charge in [0.25, 0.3) is 5.91 Å². The maximum Gasteiger partial charge on any atom is 0.251 e. The van der Waals surface area contributed by atoms with Crippen LogP contribution in [-0.2, 0) is 0 Å². The Labute approximate surface area is 121 Å². The molecule has 0 saturated heterocycles. The Bertz CT molecular complexity index is 428. The van der Waals surface area contributed by atoms with Gasteiger partial charge in [0.05, 0.1) is 4.99 Å². The zero-order chi connectivity index (χ0) is 13.5. The lowest BCUT2D eigenvalue weighted by Crippen LogP contribution is -2.24. The molecule has 0 atom stereocenters. The van der Waals surface area contributed by atoms with E-state index in [4.69, 9.17) is 18.0 Å². The van der Waals surface area contributed by atoms with Crippen molar-refractivity contribution in [2.75, 3.05) is 6.54 Å². The van der Waals surface area contributed by atoms with E-state index in [1.165, 1.54) is 0 Å². The van der Waals surface area contributed by atoms with Gasteiger partial charge in [-0.1, -0.05) is 28.1 Å². The predicted octanol–water partition coefficient (Wildman–Crippen LogP) is 2.94. The molecule has 0 aliphatic rings. The molecule has 0 radical (unpaired) electrons. The van der Waals surface area contributed by atoms with Crippen LogP contribution in [0.2, 0.25) is 0 Å². The second-order valence-electron chi connectivity index (χ2n) is 4.20. The molecule has 1 aromatic carbocycles. The highest BCUT2D eigenvalue weighted by molar-refractivity contribution is 9.10. The van der Waals surface area contributed by atoms with E-state index >= 15 is 0 Å². The Kier molecular flexibility index (Phi) is 6.29. The van der Waals surface area contributed by atoms with Gasteiger partial charge >= 0.3 is 0 Å². The summed E-state index contributed by atoms with van der Waals surface area (Å²) in [5, 5.41) is 2.88. The van der Waals surface area contributed by atoms with E-state index in [1.54, 1.807) is 0 Å². The van der Waals surface area contributed by atoms with E-state index in [0.717, 1.165) is 29.3 Å². The highest BCUT2D eigenvalue weighted by atomic mass is 79.9. The minimum absolute atomic E-state index is 0.0466. The first-order valence-corrected chi connectivity index (χ1v) is 7.03. The second-order valence-corrected chi connectivity index (χ2v) is 5.64. The minimum Gasteiger partial charge on any atom is -0.393 e. The Morgan fingerprint density at radius 2 is 2.11 bits per heavy atom. The van der Waals surface area contributed by atoms with Gasteiger partial charge in [0, 0.05) is 16.6 Å². The summed E-state index contributed by atoms with van der Waals surface area (Å²) >= 11 is 8.17. The number of hydrogen-bond donors (Lipinski definition) is 2. The Morgan fingerprint density at radius 3 is 2.72 bits per heavy atom. The van der Waals surface area contributed by atoms with Crippen molar-refractivity contribution < 1.29 is 4.79 Å². The largest absolute Gasteiger partial charge is 0.393 e. The third-order valence-corrected chi connectivity index (χ3v) is 3.10. The molecule has 0 spiro atoms. The van der Waals surface area contributed by atoms with Crippen molar-refractivity contribution in [1.82, 2.24) is 5.32 Å². The molecule has 0 unspecified atom stereocenters. The summed E-state index contributed by atoms with van der Waals surface area (Å²) in [6.07, 6.45) is 2.53. The Balaban J connectivity index is 2.38. The molecule has 98 valence electrons. The number of nitrogens with one attached hydrogen (secondary N) is 1. The number of aryl methyl sites for hydroxylation is 1. The van der Waals surface area contributed by atoms with Crippen LogP contribution in [0.25, 0.3) is 0 Å². The van der Waals surface area contributed by atoms with Crippen LogP contribution in [0.5, 0.6) is 0 Å². The molecule has 3 N–H and O–H groups in total. The first-order chi connectivity index (χ1) is 8.49. The number of thiocarbonyl (C=S) groups is 1. The lowest BCUT2D eigenvalue weighted by molar-refractivity contribution is 0.0953. The quantitative estimate of drug-likeness (QED) is 0.623. The number of amides is 1. The van der Waals surface area contributed by atoms with Crippen LogP contribution < -0.4 is 11.1 Å². The van der Waals surface area contributed by atoms with Gasteiger partial charge in [-0.15, -0.1) is 0 Å². The Hall–Kier alpha value is -0.940. The zero-order valence-corrected chi connectivity index (χ0v) is 12.7. The van der Waals surface area contributed by atoms with Crippen molar-refractivity contribution in [1.29, 1.82) is 0 Å². The number of hydrogen-bond acceptors (Lipinski definition) is 2. The summed E-state index contributed by atoms with van der Waals surface area (Å²) in [6.45, 7) is 2.61. The van der Waals surface area contributed by atoms with Crippen molar-refractivity contribution in [2.24, 2.45) is 5.73 Å². The van der Waals surface area contributed by atoms with Gasteiger partial charge in [-0.25, -0.2) is 0 Å². The molecule has 0 aromatic heterocycles. The normalized spacial score (nSPS) is 10.1. The topological polar surface area (TPSA) is 55.1 Å². The molecule has 0 aliphatic carbocycles. The number of carbonyl (C=O) groups excluding carboxylic acids is 1. The second kappa shape index (κ2) is 7.48. The van der Waals surface area contributed by atoms with E-state index in [0.29, 0.717) is 17.1 Å². The molecule has 0 fully saturated rings. The molecule has 18 heavy (non-hydrogen) atoms. The summed E-state index contributed by atoms with van der Waals surface area (Å²) in [5.41, 5.74) is 7.13. The molecule has 5 heteroatoms. The number of carbonyl (C=O) groups is 1. The molecule has 0 heterocycles. The number of halogens is 1. The highest BCUT2D eigenvalue weighted by Crippen LogP contribution is 2.15. The first kappa shape index (κ1) is 15.1. The molecule has 1 rings (SSSR count). The van der Waals surface area contributed by atoms with Crippen LogP contribution in [0.4, 0.5) is 0 Å². The molecular formula is C13H17BrN2OS. The fourth-order valence-corrected chi connectivity index (χ4v) is 2.35. The molecule has 0 saturated carbocycles. The van der Waals surface area contributed by atoms with Crippen molar-refractivity contribution in [3.8, 4) is 0 Å². The van der Waals surface area contributed by atoms with Gasteiger partial charge in [0.1, 0.15) is 0 Å². The molecule has 0 bridgehead atoms. The van der Waals surface area contributed by atoms with Crippen LogP contribution in [0.3, 0.4) is 0 Å². The van der Waals surface area contributed by atoms with E-state index in [-0.39, 0.29) is 5.91 Å². The molecule has 1 amide bonds. The maximum absolute atomic E-state index is 11.9. The van der Waals surface area contributed by atoms with E-state index in [2.05, 4.69) is 21.2 Å². The van der Waals surface area contributed by atoms with Crippen LogP contribution in [0, 0.1) is 6.92 Å². The zero-order valence-electron chi connectivity index (χ0n) is 10.3. The minimum atomic E-state index is -0.0466. The number of nitrogens with two attached hydrogens (primary N) is 1. The van der Waals surface area contributed by atoms with E-state index < -0.39 is 0 Å². The third kappa shape index (κ3) is 5.60. The fraction of sp³-hybridized carbons (Fsp3) is 0.385. The van der Waals surface area contributed by atoms with Crippen molar-refractivity contribution in [3.05, 3.63) is 33.8 Å². The summed E-state index contributed by atoms with van der Waals surface area (Å²) in [7, 11) is 0. The predicted molar refractivity (Wildman–Crippen MR) is 81.8 cm³/mol. The standard InChI is InChI=1S/C13H17BrN2OS/c1-9-6-10(8-11(14)7-9)13(17)16-5-3-2-4-12(15)18/h6-8H,2-5H2,1H3,(H2,15,18)(H,16,17). The van der Waals surface area contributed by atoms with E-state index in [1.807, 2.05) is 25.1 Å². The van der Waals surface area contributed by atoms with Crippen molar-refractivity contribution in [3.63, 3.8) is 0 Å². The van der Waals surface area contributed by atoms with Crippen LogP contribution in [0.15, 0.2) is 22.7 Å². The van der Waals surface area contributed by atoms with Crippen molar-refractivity contribution >= 4 is 39.0 Å². The van der Waals surface area contributed by atoms with Crippen LogP contribution in [0.1, 0.15) is 35.2 Å². The number of rotatable bonds is 6. The van der Waals surface area contributed by atoms with Crippen LogP contribution >= 0.6 is 28.1 Å². The van der Waals surface area contributed by atoms with Gasteiger partial charge in [0.2, 0.25) is 0 Å². The monoisotopic (exact) mass is 328 g/mol. The van der Waals surface area contributed by atoms with Crippen LogP contribution in [-0.4, -0.2) is 17.4 Å². The van der Waals surface area contributed by atoms with Gasteiger partial charge in [-0.2, -0.15) is 0 Å². The summed E-state index contributed by atoms with van der Waals surface area (Å²) in [4.78, 5) is 12.4. The first-order valence-electron chi connectivity index (χ1n) is 5.83. The molecule has 0 aliphatic heterocycles. The van der Waals surface area contributed by atoms with E-state index in [9.17, 15) is 4.79 Å². The van der Waals surface area contributed by atoms with Crippen molar-refractivity contribution in [2.45, 2.75) is 26.2 Å². The summed E-state index contributed by atoms with van der Waals surface area (Å²) < 4.78 is 0.918. The fourth-order valence-electron chi connectivity index (χ4n) is 1.60. The highest BCUT2D eigenvalue weighted by Gasteiger charge is 2.06. The average molecular weight is 329 g/mol. The lowest BCUT2D eigenvalue weighted by atomic mass is 10.1. The van der Waals surface area contributed by atoms with Gasteiger partial charge in [-0.05, 0) is 49.9 Å². The Morgan fingerprint density at radius 1 is 1.39 bits per heavy atom. The number of benzene rings is 1.